The van der Waals surface area contributed by atoms with Gasteiger partial charge in [-0.1, -0.05) is 54.5 Å². The maximum absolute atomic E-state index is 12.7. The number of hydrogen-bond donors (Lipinski definition) is 0. The lowest BCUT2D eigenvalue weighted by molar-refractivity contribution is 0.163. The van der Waals surface area contributed by atoms with Gasteiger partial charge in [0, 0.05) is 31.7 Å². The van der Waals surface area contributed by atoms with Crippen LogP contribution in [0.3, 0.4) is 0 Å². The summed E-state index contributed by atoms with van der Waals surface area (Å²) >= 11 is 0. The quantitative estimate of drug-likeness (QED) is 0.619. The lowest BCUT2D eigenvalue weighted by Gasteiger charge is -2.33. The van der Waals surface area contributed by atoms with E-state index >= 15 is 0 Å². The van der Waals surface area contributed by atoms with E-state index in [0.29, 0.717) is 49.3 Å². The Balaban J connectivity index is 1.36. The van der Waals surface area contributed by atoms with Crippen LogP contribution in [0, 0.1) is 0 Å². The molecule has 0 unspecified atom stereocenters. The van der Waals surface area contributed by atoms with Crippen molar-refractivity contribution in [3.8, 4) is 11.4 Å². The van der Waals surface area contributed by atoms with Crippen LogP contribution in [0.1, 0.15) is 18.4 Å². The molecule has 0 saturated carbocycles. The van der Waals surface area contributed by atoms with Gasteiger partial charge in [0.1, 0.15) is 0 Å². The van der Waals surface area contributed by atoms with Gasteiger partial charge in [-0.2, -0.15) is 9.29 Å². The molecule has 7 nitrogen and oxygen atoms in total. The van der Waals surface area contributed by atoms with Crippen LogP contribution in [-0.4, -0.2) is 53.9 Å². The number of benzene rings is 2. The van der Waals surface area contributed by atoms with Crippen molar-refractivity contribution in [2.45, 2.75) is 24.8 Å². The molecule has 1 aliphatic heterocycles. The lowest BCUT2D eigenvalue weighted by Crippen LogP contribution is -2.48. The van der Waals surface area contributed by atoms with Crippen LogP contribution in [0.4, 0.5) is 0 Å². The van der Waals surface area contributed by atoms with Crippen molar-refractivity contribution in [2.24, 2.45) is 0 Å². The molecule has 1 aliphatic rings. The fourth-order valence-corrected chi connectivity index (χ4v) is 4.83. The maximum atomic E-state index is 12.7. The summed E-state index contributed by atoms with van der Waals surface area (Å²) in [5, 5.41) is 4.08. The zero-order valence-corrected chi connectivity index (χ0v) is 17.2. The van der Waals surface area contributed by atoms with Gasteiger partial charge in [0.25, 0.3) is 0 Å². The van der Waals surface area contributed by atoms with E-state index in [2.05, 4.69) is 34.1 Å². The Labute approximate surface area is 171 Å². The predicted octanol–water partition coefficient (Wildman–Crippen LogP) is 2.81. The van der Waals surface area contributed by atoms with E-state index in [1.165, 1.54) is 9.87 Å². The van der Waals surface area contributed by atoms with Crippen molar-refractivity contribution >= 4 is 10.0 Å². The molecular formula is C21H24N4O3S. The van der Waals surface area contributed by atoms with Gasteiger partial charge in [0.15, 0.2) is 0 Å². The van der Waals surface area contributed by atoms with Crippen LogP contribution >= 0.6 is 0 Å². The smallest absolute Gasteiger partial charge is 0.243 e. The summed E-state index contributed by atoms with van der Waals surface area (Å²) in [5.41, 5.74) is 2.19. The molecule has 4 rings (SSSR count). The average Bonchev–Trinajstić information content (AvgIpc) is 3.23. The summed E-state index contributed by atoms with van der Waals surface area (Å²) < 4.78 is 32.4. The molecule has 2 heterocycles. The summed E-state index contributed by atoms with van der Waals surface area (Å²) in [6.07, 6.45) is 0.990. The molecule has 0 amide bonds. The first-order valence-electron chi connectivity index (χ1n) is 9.75. The molecule has 1 fully saturated rings. The standard InChI is InChI=1S/C21H24N4O3S/c1-2-17-8-10-18(11-9-17)21-22-20(28-23-21)16-24-12-14-25(15-13-24)29(26,27)19-6-4-3-5-7-19/h3-11H,2,12-16H2,1H3. The van der Waals surface area contributed by atoms with Gasteiger partial charge in [0.2, 0.25) is 21.7 Å². The molecule has 0 bridgehead atoms. The topological polar surface area (TPSA) is 79.5 Å². The minimum atomic E-state index is -3.44. The molecule has 0 atom stereocenters. The zero-order chi connectivity index (χ0) is 20.3. The number of hydrogen-bond acceptors (Lipinski definition) is 6. The number of piperazine rings is 1. The number of sulfonamides is 1. The lowest BCUT2D eigenvalue weighted by atomic mass is 10.1. The highest BCUT2D eigenvalue weighted by molar-refractivity contribution is 7.89. The third-order valence-corrected chi connectivity index (χ3v) is 7.07. The second-order valence-corrected chi connectivity index (χ2v) is 8.99. The molecule has 0 aliphatic carbocycles. The Morgan fingerprint density at radius 3 is 2.31 bits per heavy atom. The Bertz CT molecular complexity index is 1040. The van der Waals surface area contributed by atoms with Crippen molar-refractivity contribution < 1.29 is 12.9 Å². The Kier molecular flexibility index (Phi) is 5.75. The van der Waals surface area contributed by atoms with E-state index in [9.17, 15) is 8.42 Å². The van der Waals surface area contributed by atoms with Crippen molar-refractivity contribution in [2.75, 3.05) is 26.2 Å². The summed E-state index contributed by atoms with van der Waals surface area (Å²) in [6.45, 7) is 4.75. The Hall–Kier alpha value is -2.55. The first-order chi connectivity index (χ1) is 14.1. The maximum Gasteiger partial charge on any atom is 0.243 e. The van der Waals surface area contributed by atoms with Gasteiger partial charge in [0.05, 0.1) is 11.4 Å². The summed E-state index contributed by atoms with van der Waals surface area (Å²) in [4.78, 5) is 6.96. The first-order valence-corrected chi connectivity index (χ1v) is 11.2. The highest BCUT2D eigenvalue weighted by Gasteiger charge is 2.28. The van der Waals surface area contributed by atoms with E-state index < -0.39 is 10.0 Å². The van der Waals surface area contributed by atoms with Crippen LogP contribution < -0.4 is 0 Å². The molecular weight excluding hydrogens is 388 g/mol. The molecule has 1 saturated heterocycles. The minimum absolute atomic E-state index is 0.337. The fraction of sp³-hybridized carbons (Fsp3) is 0.333. The molecule has 8 heteroatoms. The molecule has 1 aromatic heterocycles. The van der Waals surface area contributed by atoms with Gasteiger partial charge in [-0.25, -0.2) is 8.42 Å². The van der Waals surface area contributed by atoms with Crippen LogP contribution in [0.15, 0.2) is 64.0 Å². The highest BCUT2D eigenvalue weighted by Crippen LogP contribution is 2.20. The number of aromatic nitrogens is 2. The zero-order valence-electron chi connectivity index (χ0n) is 16.4. The molecule has 29 heavy (non-hydrogen) atoms. The molecule has 3 aromatic rings. The van der Waals surface area contributed by atoms with E-state index in [1.807, 2.05) is 18.2 Å². The van der Waals surface area contributed by atoms with E-state index in [0.717, 1.165) is 12.0 Å². The van der Waals surface area contributed by atoms with Crippen molar-refractivity contribution in [3.63, 3.8) is 0 Å². The SMILES string of the molecule is CCc1ccc(-c2noc(CN3CCN(S(=O)(=O)c4ccccc4)CC3)n2)cc1. The normalized spacial score (nSPS) is 16.2. The first kappa shape index (κ1) is 19.8. The van der Waals surface area contributed by atoms with Gasteiger partial charge in [-0.3, -0.25) is 4.90 Å². The van der Waals surface area contributed by atoms with Crippen LogP contribution in [0.2, 0.25) is 0 Å². The molecule has 152 valence electrons. The molecule has 0 N–H and O–H groups in total. The largest absolute Gasteiger partial charge is 0.338 e. The molecule has 0 spiro atoms. The fourth-order valence-electron chi connectivity index (χ4n) is 3.39. The monoisotopic (exact) mass is 412 g/mol. The number of nitrogens with zero attached hydrogens (tertiary/aromatic N) is 4. The van der Waals surface area contributed by atoms with Crippen molar-refractivity contribution in [1.82, 2.24) is 19.3 Å². The number of aryl methyl sites for hydroxylation is 1. The second kappa shape index (κ2) is 8.44. The van der Waals surface area contributed by atoms with Crippen LogP contribution in [0.5, 0.6) is 0 Å². The van der Waals surface area contributed by atoms with Crippen LogP contribution in [-0.2, 0) is 23.0 Å². The highest BCUT2D eigenvalue weighted by atomic mass is 32.2. The van der Waals surface area contributed by atoms with E-state index in [1.54, 1.807) is 24.3 Å². The second-order valence-electron chi connectivity index (χ2n) is 7.06. The predicted molar refractivity (Wildman–Crippen MR) is 110 cm³/mol. The molecule has 2 aromatic carbocycles. The third kappa shape index (κ3) is 4.39. The summed E-state index contributed by atoms with van der Waals surface area (Å²) in [5.74, 6) is 1.12. The number of rotatable bonds is 6. The van der Waals surface area contributed by atoms with Crippen LogP contribution in [0.25, 0.3) is 11.4 Å². The van der Waals surface area contributed by atoms with Gasteiger partial charge < -0.3 is 4.52 Å². The van der Waals surface area contributed by atoms with Gasteiger partial charge in [-0.15, -0.1) is 0 Å². The molecule has 0 radical (unpaired) electrons. The van der Waals surface area contributed by atoms with E-state index in [4.69, 9.17) is 4.52 Å². The van der Waals surface area contributed by atoms with Gasteiger partial charge >= 0.3 is 0 Å². The average molecular weight is 413 g/mol. The van der Waals surface area contributed by atoms with E-state index in [-0.39, 0.29) is 0 Å². The summed E-state index contributed by atoms with van der Waals surface area (Å²) in [7, 11) is -3.44. The Morgan fingerprint density at radius 1 is 0.966 bits per heavy atom. The van der Waals surface area contributed by atoms with Crippen molar-refractivity contribution in [3.05, 3.63) is 66.1 Å². The Morgan fingerprint density at radius 2 is 1.66 bits per heavy atom. The minimum Gasteiger partial charge on any atom is -0.338 e. The third-order valence-electron chi connectivity index (χ3n) is 5.16. The van der Waals surface area contributed by atoms with Crippen molar-refractivity contribution in [1.29, 1.82) is 0 Å². The van der Waals surface area contributed by atoms with Gasteiger partial charge in [-0.05, 0) is 24.1 Å². The summed E-state index contributed by atoms with van der Waals surface area (Å²) in [6, 6.07) is 16.7.